The highest BCUT2D eigenvalue weighted by molar-refractivity contribution is 5.89. The summed E-state index contributed by atoms with van der Waals surface area (Å²) in [4.78, 5) is 14.0. The Morgan fingerprint density at radius 2 is 2.32 bits per heavy atom. The molecule has 1 atom stereocenters. The maximum Gasteiger partial charge on any atom is 0.322 e. The van der Waals surface area contributed by atoms with Gasteiger partial charge in [-0.05, 0) is 38.4 Å². The molecule has 1 fully saturated rings. The van der Waals surface area contributed by atoms with Crippen LogP contribution >= 0.6 is 0 Å². The molecular formula is C14H20FN3O. The highest BCUT2D eigenvalue weighted by atomic mass is 19.1. The van der Waals surface area contributed by atoms with E-state index in [9.17, 15) is 9.18 Å². The van der Waals surface area contributed by atoms with E-state index in [4.69, 9.17) is 0 Å². The van der Waals surface area contributed by atoms with Crippen molar-refractivity contribution in [3.8, 4) is 0 Å². The molecule has 1 aromatic carbocycles. The number of hydrogen-bond donors (Lipinski definition) is 2. The largest absolute Gasteiger partial charge is 0.322 e. The lowest BCUT2D eigenvalue weighted by Crippen LogP contribution is -2.50. The summed E-state index contributed by atoms with van der Waals surface area (Å²) in [6.45, 7) is 4.36. The monoisotopic (exact) mass is 265 g/mol. The van der Waals surface area contributed by atoms with Crippen molar-refractivity contribution in [1.29, 1.82) is 0 Å². The zero-order chi connectivity index (χ0) is 13.7. The minimum atomic E-state index is -0.409. The molecule has 5 heteroatoms. The number of likely N-dealkylation sites (N-methyl/N-ethyl adjacent to an activating group) is 1. The normalized spacial score (nSPS) is 18.9. The van der Waals surface area contributed by atoms with Gasteiger partial charge < -0.3 is 15.5 Å². The van der Waals surface area contributed by atoms with Crippen LogP contribution in [0.1, 0.15) is 19.8 Å². The van der Waals surface area contributed by atoms with Crippen LogP contribution in [0.5, 0.6) is 0 Å². The molecule has 19 heavy (non-hydrogen) atoms. The molecule has 0 aliphatic carbocycles. The topological polar surface area (TPSA) is 44.4 Å². The number of halogens is 1. The quantitative estimate of drug-likeness (QED) is 0.881. The third kappa shape index (κ3) is 3.44. The van der Waals surface area contributed by atoms with Crippen molar-refractivity contribution in [2.45, 2.75) is 25.8 Å². The minimum Gasteiger partial charge on any atom is -0.321 e. The molecule has 0 saturated carbocycles. The summed E-state index contributed by atoms with van der Waals surface area (Å²) in [5.41, 5.74) is 0.231. The Kier molecular flexibility index (Phi) is 4.74. The molecule has 0 bridgehead atoms. The van der Waals surface area contributed by atoms with Crippen LogP contribution in [0.2, 0.25) is 0 Å². The molecule has 1 aliphatic rings. The van der Waals surface area contributed by atoms with Crippen molar-refractivity contribution in [2.24, 2.45) is 0 Å². The van der Waals surface area contributed by atoms with E-state index in [1.807, 2.05) is 6.92 Å². The molecule has 0 aromatic heterocycles. The van der Waals surface area contributed by atoms with Crippen LogP contribution in [0.25, 0.3) is 0 Å². The first-order valence-corrected chi connectivity index (χ1v) is 6.75. The van der Waals surface area contributed by atoms with Gasteiger partial charge in [-0.15, -0.1) is 0 Å². The lowest BCUT2D eigenvalue weighted by Gasteiger charge is -2.33. The number of piperidine rings is 1. The average molecular weight is 265 g/mol. The molecule has 0 radical (unpaired) electrons. The summed E-state index contributed by atoms with van der Waals surface area (Å²) in [5.74, 6) is -0.409. The third-order valence-corrected chi connectivity index (χ3v) is 3.43. The molecule has 2 rings (SSSR count). The summed E-state index contributed by atoms with van der Waals surface area (Å²) in [5, 5.41) is 5.93. The van der Waals surface area contributed by atoms with Gasteiger partial charge >= 0.3 is 6.03 Å². The zero-order valence-corrected chi connectivity index (χ0v) is 11.2. The molecule has 1 aliphatic heterocycles. The number of amides is 2. The van der Waals surface area contributed by atoms with E-state index in [-0.39, 0.29) is 17.8 Å². The first-order chi connectivity index (χ1) is 9.22. The Morgan fingerprint density at radius 1 is 1.53 bits per heavy atom. The van der Waals surface area contributed by atoms with E-state index in [2.05, 4.69) is 10.6 Å². The standard InChI is InChI=1S/C14H20FN3O/c1-2-18(11-6-5-9-16-10-11)14(19)17-13-8-4-3-7-12(13)15/h3-4,7-8,11,16H,2,5-6,9-10H2,1H3,(H,17,19). The molecule has 2 amide bonds. The van der Waals surface area contributed by atoms with Gasteiger partial charge in [0.1, 0.15) is 5.82 Å². The summed E-state index contributed by atoms with van der Waals surface area (Å²) >= 11 is 0. The number of hydrogen-bond acceptors (Lipinski definition) is 2. The minimum absolute atomic E-state index is 0.186. The molecule has 4 nitrogen and oxygen atoms in total. The first kappa shape index (κ1) is 13.8. The number of rotatable bonds is 3. The van der Waals surface area contributed by atoms with Crippen LogP contribution in [0.15, 0.2) is 24.3 Å². The molecule has 104 valence electrons. The second-order valence-electron chi connectivity index (χ2n) is 4.70. The van der Waals surface area contributed by atoms with Crippen molar-refractivity contribution in [2.75, 3.05) is 25.0 Å². The number of urea groups is 1. The highest BCUT2D eigenvalue weighted by Gasteiger charge is 2.24. The Bertz CT molecular complexity index is 432. The number of nitrogens with zero attached hydrogens (tertiary/aromatic N) is 1. The molecule has 1 aromatic rings. The van der Waals surface area contributed by atoms with Gasteiger partial charge in [0.25, 0.3) is 0 Å². The van der Waals surface area contributed by atoms with Crippen LogP contribution < -0.4 is 10.6 Å². The molecule has 1 saturated heterocycles. The number of carbonyl (C=O) groups excluding carboxylic acids is 1. The smallest absolute Gasteiger partial charge is 0.321 e. The van der Waals surface area contributed by atoms with Gasteiger partial charge in [-0.2, -0.15) is 0 Å². The van der Waals surface area contributed by atoms with Gasteiger partial charge in [-0.3, -0.25) is 0 Å². The van der Waals surface area contributed by atoms with Gasteiger partial charge in [0.15, 0.2) is 0 Å². The van der Waals surface area contributed by atoms with Crippen molar-refractivity contribution < 1.29 is 9.18 Å². The van der Waals surface area contributed by atoms with Crippen LogP contribution in [0, 0.1) is 5.82 Å². The van der Waals surface area contributed by atoms with Crippen LogP contribution in [0.3, 0.4) is 0 Å². The predicted molar refractivity (Wildman–Crippen MR) is 73.7 cm³/mol. The fourth-order valence-corrected chi connectivity index (χ4v) is 2.42. The van der Waals surface area contributed by atoms with Crippen molar-refractivity contribution in [1.82, 2.24) is 10.2 Å². The number of para-hydroxylation sites is 1. The second-order valence-corrected chi connectivity index (χ2v) is 4.70. The Morgan fingerprint density at radius 3 is 2.95 bits per heavy atom. The van der Waals surface area contributed by atoms with Gasteiger partial charge in [0.2, 0.25) is 0 Å². The van der Waals surface area contributed by atoms with Crippen LogP contribution in [0.4, 0.5) is 14.9 Å². The fraction of sp³-hybridized carbons (Fsp3) is 0.500. The van der Waals surface area contributed by atoms with E-state index in [1.54, 1.807) is 23.1 Å². The van der Waals surface area contributed by atoms with Gasteiger partial charge in [-0.25, -0.2) is 9.18 Å². The van der Waals surface area contributed by atoms with Gasteiger partial charge in [0.05, 0.1) is 5.69 Å². The number of nitrogens with one attached hydrogen (secondary N) is 2. The van der Waals surface area contributed by atoms with Crippen LogP contribution in [-0.4, -0.2) is 36.6 Å². The maximum atomic E-state index is 13.5. The van der Waals surface area contributed by atoms with E-state index in [0.717, 1.165) is 25.9 Å². The highest BCUT2D eigenvalue weighted by Crippen LogP contribution is 2.16. The Labute approximate surface area is 113 Å². The van der Waals surface area contributed by atoms with E-state index < -0.39 is 5.82 Å². The fourth-order valence-electron chi connectivity index (χ4n) is 2.42. The van der Waals surface area contributed by atoms with Crippen molar-refractivity contribution in [3.63, 3.8) is 0 Å². The van der Waals surface area contributed by atoms with Crippen molar-refractivity contribution in [3.05, 3.63) is 30.1 Å². The molecular weight excluding hydrogens is 245 g/mol. The summed E-state index contributed by atoms with van der Waals surface area (Å²) in [6, 6.07) is 6.17. The van der Waals surface area contributed by atoms with Crippen LogP contribution in [-0.2, 0) is 0 Å². The first-order valence-electron chi connectivity index (χ1n) is 6.75. The lowest BCUT2D eigenvalue weighted by atomic mass is 10.1. The molecule has 1 heterocycles. The van der Waals surface area contributed by atoms with Gasteiger partial charge in [-0.1, -0.05) is 12.1 Å². The van der Waals surface area contributed by atoms with E-state index in [1.165, 1.54) is 6.07 Å². The molecule has 2 N–H and O–H groups in total. The summed E-state index contributed by atoms with van der Waals surface area (Å²) < 4.78 is 13.5. The summed E-state index contributed by atoms with van der Waals surface area (Å²) in [6.07, 6.45) is 2.06. The third-order valence-electron chi connectivity index (χ3n) is 3.43. The zero-order valence-electron chi connectivity index (χ0n) is 11.2. The number of carbonyl (C=O) groups is 1. The summed E-state index contributed by atoms with van der Waals surface area (Å²) in [7, 11) is 0. The Balaban J connectivity index is 2.02. The SMILES string of the molecule is CCN(C(=O)Nc1ccccc1F)C1CCCNC1. The van der Waals surface area contributed by atoms with E-state index in [0.29, 0.717) is 6.54 Å². The molecule has 1 unspecified atom stereocenters. The average Bonchev–Trinajstić information content (AvgIpc) is 2.43. The van der Waals surface area contributed by atoms with Crippen molar-refractivity contribution >= 4 is 11.7 Å². The maximum absolute atomic E-state index is 13.5. The molecule has 0 spiro atoms. The number of anilines is 1. The number of benzene rings is 1. The predicted octanol–water partition coefficient (Wildman–Crippen LogP) is 2.43. The Hall–Kier alpha value is -1.62. The lowest BCUT2D eigenvalue weighted by molar-refractivity contribution is 0.177. The van der Waals surface area contributed by atoms with Gasteiger partial charge in [0, 0.05) is 19.1 Å². The second kappa shape index (κ2) is 6.52. The van der Waals surface area contributed by atoms with E-state index >= 15 is 0 Å².